The molecule has 4 aliphatic rings. The summed E-state index contributed by atoms with van der Waals surface area (Å²) in [6.45, 7) is 0. The van der Waals surface area contributed by atoms with Crippen molar-refractivity contribution in [3.63, 3.8) is 0 Å². The highest BCUT2D eigenvalue weighted by molar-refractivity contribution is 5.12. The largest absolute Gasteiger partial charge is 0.393 e. The molecule has 1 heteroatoms. The van der Waals surface area contributed by atoms with Crippen molar-refractivity contribution in [1.82, 2.24) is 0 Å². The van der Waals surface area contributed by atoms with Crippen LogP contribution in [0.15, 0.2) is 0 Å². The number of aliphatic hydroxyl groups excluding tert-OH is 1. The highest BCUT2D eigenvalue weighted by atomic mass is 16.3. The molecule has 1 N–H and O–H groups in total. The molecular formula is C12H18O. The van der Waals surface area contributed by atoms with Gasteiger partial charge >= 0.3 is 0 Å². The van der Waals surface area contributed by atoms with Gasteiger partial charge in [-0.2, -0.15) is 0 Å². The van der Waals surface area contributed by atoms with Gasteiger partial charge in [-0.05, 0) is 67.6 Å². The Balaban J connectivity index is 1.77. The van der Waals surface area contributed by atoms with Gasteiger partial charge in [-0.1, -0.05) is 0 Å². The van der Waals surface area contributed by atoms with Gasteiger partial charge in [-0.3, -0.25) is 0 Å². The average molecular weight is 178 g/mol. The molecule has 4 fully saturated rings. The molecule has 1 unspecified atom stereocenters. The van der Waals surface area contributed by atoms with Gasteiger partial charge in [-0.25, -0.2) is 0 Å². The van der Waals surface area contributed by atoms with Gasteiger partial charge in [-0.15, -0.1) is 0 Å². The Hall–Kier alpha value is -0.0400. The monoisotopic (exact) mass is 178 g/mol. The summed E-state index contributed by atoms with van der Waals surface area (Å²) < 4.78 is 0. The first-order chi connectivity index (χ1) is 6.36. The van der Waals surface area contributed by atoms with Crippen LogP contribution >= 0.6 is 0 Å². The van der Waals surface area contributed by atoms with Crippen LogP contribution in [0.25, 0.3) is 0 Å². The Kier molecular flexibility index (Phi) is 1.19. The Morgan fingerprint density at radius 2 is 1.31 bits per heavy atom. The number of fused-ring (bicyclic) bond motifs is 9. The highest BCUT2D eigenvalue weighted by Crippen LogP contribution is 2.67. The van der Waals surface area contributed by atoms with Crippen molar-refractivity contribution < 1.29 is 5.11 Å². The maximum Gasteiger partial charge on any atom is 0.0602 e. The molecule has 0 aliphatic heterocycles. The first-order valence-electron chi connectivity index (χ1n) is 6.04. The predicted octanol–water partition coefficient (Wildman–Crippen LogP) is 2.05. The molecular weight excluding hydrogens is 160 g/mol. The maximum atomic E-state index is 10.1. The summed E-state index contributed by atoms with van der Waals surface area (Å²) in [5, 5.41) is 10.1. The lowest BCUT2D eigenvalue weighted by Gasteiger charge is -2.33. The summed E-state index contributed by atoms with van der Waals surface area (Å²) in [6.07, 6.45) is 7.30. The van der Waals surface area contributed by atoms with E-state index in [4.69, 9.17) is 0 Å². The third-order valence-electron chi connectivity index (χ3n) is 5.75. The molecule has 0 saturated heterocycles. The van der Waals surface area contributed by atoms with Crippen molar-refractivity contribution in [2.75, 3.05) is 0 Å². The number of aliphatic hydroxyl groups is 1. The molecule has 13 heavy (non-hydrogen) atoms. The van der Waals surface area contributed by atoms with Crippen LogP contribution in [0.3, 0.4) is 0 Å². The summed E-state index contributed by atoms with van der Waals surface area (Å²) in [6, 6.07) is 0. The van der Waals surface area contributed by atoms with E-state index < -0.39 is 0 Å². The summed E-state index contributed by atoms with van der Waals surface area (Å²) in [7, 11) is 0. The van der Waals surface area contributed by atoms with Gasteiger partial charge in [0, 0.05) is 0 Å². The third kappa shape index (κ3) is 0.674. The quantitative estimate of drug-likeness (QED) is 0.563. The molecule has 4 saturated carbocycles. The van der Waals surface area contributed by atoms with E-state index in [1.54, 1.807) is 0 Å². The van der Waals surface area contributed by atoms with Crippen molar-refractivity contribution in [2.45, 2.75) is 38.2 Å². The van der Waals surface area contributed by atoms with Crippen molar-refractivity contribution in [1.29, 1.82) is 0 Å². The number of hydrogen-bond donors (Lipinski definition) is 1. The minimum atomic E-state index is 0.110. The van der Waals surface area contributed by atoms with E-state index in [2.05, 4.69) is 0 Å². The minimum Gasteiger partial charge on any atom is -0.393 e. The van der Waals surface area contributed by atoms with Crippen LogP contribution in [0.5, 0.6) is 0 Å². The van der Waals surface area contributed by atoms with Gasteiger partial charge in [0.05, 0.1) is 6.10 Å². The van der Waals surface area contributed by atoms with E-state index in [-0.39, 0.29) is 6.10 Å². The van der Waals surface area contributed by atoms with Gasteiger partial charge in [0.25, 0.3) is 0 Å². The normalized spacial score (nSPS) is 67.6. The fraction of sp³-hybridized carbons (Fsp3) is 1.00. The second-order valence-electron chi connectivity index (χ2n) is 5.88. The van der Waals surface area contributed by atoms with Crippen LogP contribution in [0.4, 0.5) is 0 Å². The Labute approximate surface area is 79.5 Å². The molecule has 0 amide bonds. The second-order valence-corrected chi connectivity index (χ2v) is 5.88. The molecule has 0 spiro atoms. The second kappa shape index (κ2) is 2.13. The topological polar surface area (TPSA) is 20.2 Å². The van der Waals surface area contributed by atoms with Crippen LogP contribution in [-0.2, 0) is 0 Å². The molecule has 0 aromatic rings. The third-order valence-corrected chi connectivity index (χ3v) is 5.75. The fourth-order valence-electron chi connectivity index (χ4n) is 5.53. The van der Waals surface area contributed by atoms with Gasteiger partial charge < -0.3 is 5.11 Å². The lowest BCUT2D eigenvalue weighted by molar-refractivity contribution is 0.108. The lowest BCUT2D eigenvalue weighted by atomic mass is 9.71. The Morgan fingerprint density at radius 1 is 0.769 bits per heavy atom. The van der Waals surface area contributed by atoms with E-state index in [1.807, 2.05) is 0 Å². The lowest BCUT2D eigenvalue weighted by Crippen LogP contribution is -2.27. The zero-order valence-corrected chi connectivity index (χ0v) is 8.02. The molecule has 0 aromatic carbocycles. The molecule has 72 valence electrons. The maximum absolute atomic E-state index is 10.1. The van der Waals surface area contributed by atoms with E-state index >= 15 is 0 Å². The molecule has 4 bridgehead atoms. The van der Waals surface area contributed by atoms with Crippen LogP contribution in [0.2, 0.25) is 0 Å². The van der Waals surface area contributed by atoms with E-state index in [0.717, 1.165) is 35.5 Å². The molecule has 4 aliphatic carbocycles. The molecule has 7 atom stereocenters. The number of hydrogen-bond acceptors (Lipinski definition) is 1. The molecule has 0 radical (unpaired) electrons. The molecule has 1 nitrogen and oxygen atoms in total. The van der Waals surface area contributed by atoms with Crippen molar-refractivity contribution >= 4 is 0 Å². The zero-order chi connectivity index (χ0) is 8.58. The average Bonchev–Trinajstić information content (AvgIpc) is 2.84. The van der Waals surface area contributed by atoms with E-state index in [9.17, 15) is 5.11 Å². The molecule has 0 aromatic heterocycles. The van der Waals surface area contributed by atoms with Crippen LogP contribution < -0.4 is 0 Å². The van der Waals surface area contributed by atoms with Gasteiger partial charge in [0.2, 0.25) is 0 Å². The van der Waals surface area contributed by atoms with Gasteiger partial charge in [0.15, 0.2) is 0 Å². The summed E-state index contributed by atoms with van der Waals surface area (Å²) >= 11 is 0. The standard InChI is InChI=1S/C12H18O/c13-12-8-3-4-9(12)11-7-2-1-6(5-7)10(8)11/h6-13H,1-5H2/t6-,7+,8-,9+,10-,11+,12?. The smallest absolute Gasteiger partial charge is 0.0602 e. The fourth-order valence-corrected chi connectivity index (χ4v) is 5.53. The van der Waals surface area contributed by atoms with Crippen molar-refractivity contribution in [3.05, 3.63) is 0 Å². The van der Waals surface area contributed by atoms with Crippen molar-refractivity contribution in [2.24, 2.45) is 35.5 Å². The van der Waals surface area contributed by atoms with Gasteiger partial charge in [0.1, 0.15) is 0 Å². The summed E-state index contributed by atoms with van der Waals surface area (Å²) in [5.74, 6) is 5.44. The molecule has 0 heterocycles. The van der Waals surface area contributed by atoms with Crippen LogP contribution in [0.1, 0.15) is 32.1 Å². The summed E-state index contributed by atoms with van der Waals surface area (Å²) in [5.41, 5.74) is 0. The number of rotatable bonds is 0. The SMILES string of the molecule is OC1[C@H]2CC[C@@H]1[C@H]1[C@@H]3CC[C@@H](C3)[C@H]12. The first kappa shape index (κ1) is 7.28. The minimum absolute atomic E-state index is 0.110. The summed E-state index contributed by atoms with van der Waals surface area (Å²) in [4.78, 5) is 0. The predicted molar refractivity (Wildman–Crippen MR) is 50.0 cm³/mol. The van der Waals surface area contributed by atoms with E-state index in [0.29, 0.717) is 0 Å². The Morgan fingerprint density at radius 3 is 1.85 bits per heavy atom. The Bertz CT molecular complexity index is 226. The van der Waals surface area contributed by atoms with Crippen LogP contribution in [0, 0.1) is 35.5 Å². The highest BCUT2D eigenvalue weighted by Gasteiger charge is 2.63. The molecule has 4 rings (SSSR count). The van der Waals surface area contributed by atoms with Crippen LogP contribution in [-0.4, -0.2) is 11.2 Å². The van der Waals surface area contributed by atoms with E-state index in [1.165, 1.54) is 32.1 Å². The van der Waals surface area contributed by atoms with Crippen molar-refractivity contribution in [3.8, 4) is 0 Å². The zero-order valence-electron chi connectivity index (χ0n) is 8.02. The first-order valence-corrected chi connectivity index (χ1v) is 6.04.